The molecule has 0 bridgehead atoms. The van der Waals surface area contributed by atoms with E-state index in [9.17, 15) is 8.42 Å². The maximum atomic E-state index is 13.0. The molecule has 9 heteroatoms. The second-order valence-electron chi connectivity index (χ2n) is 7.80. The van der Waals surface area contributed by atoms with Crippen LogP contribution in [0, 0.1) is 0 Å². The molecule has 2 heterocycles. The maximum absolute atomic E-state index is 13.0. The lowest BCUT2D eigenvalue weighted by molar-refractivity contribution is 0.189. The quantitative estimate of drug-likeness (QED) is 0.391. The molecule has 0 saturated carbocycles. The van der Waals surface area contributed by atoms with Crippen molar-refractivity contribution in [2.75, 3.05) is 13.1 Å². The van der Waals surface area contributed by atoms with Crippen molar-refractivity contribution in [3.63, 3.8) is 0 Å². The zero-order chi connectivity index (χ0) is 22.8. The van der Waals surface area contributed by atoms with E-state index in [2.05, 4.69) is 10.3 Å². The molecule has 168 valence electrons. The van der Waals surface area contributed by atoms with Crippen molar-refractivity contribution in [1.82, 2.24) is 19.3 Å². The molecule has 0 amide bonds. The van der Waals surface area contributed by atoms with Crippen LogP contribution in [0.15, 0.2) is 90.0 Å². The van der Waals surface area contributed by atoms with Gasteiger partial charge in [0.15, 0.2) is 0 Å². The maximum Gasteiger partial charge on any atom is 0.243 e. The lowest BCUT2D eigenvalue weighted by atomic mass is 10.1. The van der Waals surface area contributed by atoms with E-state index < -0.39 is 10.0 Å². The molecule has 33 heavy (non-hydrogen) atoms. The Morgan fingerprint density at radius 1 is 0.939 bits per heavy atom. The fourth-order valence-electron chi connectivity index (χ4n) is 3.65. The molecule has 1 aliphatic rings. The predicted octanol–water partition coefficient (Wildman–Crippen LogP) is 4.42. The van der Waals surface area contributed by atoms with E-state index in [0.717, 1.165) is 16.9 Å². The summed E-state index contributed by atoms with van der Waals surface area (Å²) in [6.07, 6.45) is 1.80. The summed E-state index contributed by atoms with van der Waals surface area (Å²) in [5.74, 6) is 0.759. The average Bonchev–Trinajstić information content (AvgIpc) is 3.26. The molecular formula is C24H21ClN4O3S. The second kappa shape index (κ2) is 8.97. The van der Waals surface area contributed by atoms with Gasteiger partial charge in [-0.3, -0.25) is 0 Å². The minimum Gasteiger partial charge on any atom is -0.487 e. The van der Waals surface area contributed by atoms with E-state index >= 15 is 0 Å². The third kappa shape index (κ3) is 4.64. The van der Waals surface area contributed by atoms with Crippen LogP contribution in [0.5, 0.6) is 5.75 Å². The predicted molar refractivity (Wildman–Crippen MR) is 125 cm³/mol. The standard InChI is InChI=1S/C24H21ClN4O3S/c25-20-6-4-5-19(13-20)18-9-11-24(12-10-18)33(30,31)28-15-22(16-28)29-14-21(26-27-29)17-32-23-7-2-1-3-8-23/h1-14,22H,15-17H2. The van der Waals surface area contributed by atoms with Gasteiger partial charge in [-0.15, -0.1) is 5.10 Å². The van der Waals surface area contributed by atoms with Crippen molar-refractivity contribution in [3.8, 4) is 16.9 Å². The monoisotopic (exact) mass is 480 g/mol. The van der Waals surface area contributed by atoms with Crippen molar-refractivity contribution >= 4 is 21.6 Å². The molecule has 0 radical (unpaired) electrons. The lowest BCUT2D eigenvalue weighted by Crippen LogP contribution is -2.50. The smallest absolute Gasteiger partial charge is 0.243 e. The number of hydrogen-bond acceptors (Lipinski definition) is 5. The molecule has 1 fully saturated rings. The summed E-state index contributed by atoms with van der Waals surface area (Å²) in [7, 11) is -3.57. The second-order valence-corrected chi connectivity index (χ2v) is 10.2. The molecule has 0 unspecified atom stereocenters. The number of ether oxygens (including phenoxy) is 1. The first kappa shape index (κ1) is 21.6. The number of aromatic nitrogens is 3. The molecule has 0 N–H and O–H groups in total. The molecule has 5 rings (SSSR count). The van der Waals surface area contributed by atoms with Crippen LogP contribution < -0.4 is 4.74 Å². The van der Waals surface area contributed by atoms with Gasteiger partial charge >= 0.3 is 0 Å². The van der Waals surface area contributed by atoms with Crippen LogP contribution in [0.1, 0.15) is 11.7 Å². The van der Waals surface area contributed by atoms with Gasteiger partial charge < -0.3 is 4.74 Å². The van der Waals surface area contributed by atoms with Crippen LogP contribution in [-0.4, -0.2) is 40.8 Å². The molecule has 3 aromatic carbocycles. The van der Waals surface area contributed by atoms with Gasteiger partial charge in [0.2, 0.25) is 10.0 Å². The molecular weight excluding hydrogens is 460 g/mol. The molecule has 7 nitrogen and oxygen atoms in total. The molecule has 0 aliphatic carbocycles. The summed E-state index contributed by atoms with van der Waals surface area (Å²) in [6, 6.07) is 23.7. The van der Waals surface area contributed by atoms with E-state index in [-0.39, 0.29) is 10.9 Å². The Labute approximate surface area is 197 Å². The zero-order valence-corrected chi connectivity index (χ0v) is 19.2. The number of nitrogens with zero attached hydrogens (tertiary/aromatic N) is 4. The first-order valence-electron chi connectivity index (χ1n) is 10.4. The van der Waals surface area contributed by atoms with Crippen molar-refractivity contribution in [3.05, 3.63) is 95.8 Å². The molecule has 1 aromatic heterocycles. The van der Waals surface area contributed by atoms with Gasteiger partial charge in [-0.2, -0.15) is 4.31 Å². The Morgan fingerprint density at radius 2 is 1.70 bits per heavy atom. The highest BCUT2D eigenvalue weighted by atomic mass is 35.5. The average molecular weight is 481 g/mol. The Balaban J connectivity index is 1.20. The van der Waals surface area contributed by atoms with Crippen LogP contribution in [0.2, 0.25) is 5.02 Å². The SMILES string of the molecule is O=S(=O)(c1ccc(-c2cccc(Cl)c2)cc1)N1CC(n2cc(COc3ccccc3)nn2)C1. The van der Waals surface area contributed by atoms with Crippen LogP contribution in [0.3, 0.4) is 0 Å². The summed E-state index contributed by atoms with van der Waals surface area (Å²) in [4.78, 5) is 0.266. The van der Waals surface area contributed by atoms with Crippen LogP contribution in [0.25, 0.3) is 11.1 Å². The van der Waals surface area contributed by atoms with Crippen LogP contribution in [-0.2, 0) is 16.6 Å². The highest BCUT2D eigenvalue weighted by Crippen LogP contribution is 2.30. The number of rotatable bonds is 7. The zero-order valence-electron chi connectivity index (χ0n) is 17.6. The Kier molecular flexibility index (Phi) is 5.88. The van der Waals surface area contributed by atoms with Gasteiger partial charge in [-0.05, 0) is 47.5 Å². The van der Waals surface area contributed by atoms with Crippen molar-refractivity contribution in [2.45, 2.75) is 17.5 Å². The first-order valence-corrected chi connectivity index (χ1v) is 12.3. The van der Waals surface area contributed by atoms with Gasteiger partial charge in [0.05, 0.1) is 17.1 Å². The van der Waals surface area contributed by atoms with E-state index in [4.69, 9.17) is 16.3 Å². The molecule has 0 atom stereocenters. The van der Waals surface area contributed by atoms with Gasteiger partial charge in [-0.1, -0.05) is 59.3 Å². The largest absolute Gasteiger partial charge is 0.487 e. The third-order valence-electron chi connectivity index (χ3n) is 5.54. The third-order valence-corrected chi connectivity index (χ3v) is 7.62. The summed E-state index contributed by atoms with van der Waals surface area (Å²) < 4.78 is 34.8. The minimum absolute atomic E-state index is 0.0523. The van der Waals surface area contributed by atoms with Crippen molar-refractivity contribution in [2.24, 2.45) is 0 Å². The fourth-order valence-corrected chi connectivity index (χ4v) is 5.35. The highest BCUT2D eigenvalue weighted by molar-refractivity contribution is 7.89. The van der Waals surface area contributed by atoms with Gasteiger partial charge in [-0.25, -0.2) is 13.1 Å². The van der Waals surface area contributed by atoms with E-state index in [1.807, 2.05) is 48.5 Å². The molecule has 0 spiro atoms. The van der Waals surface area contributed by atoms with Gasteiger partial charge in [0.25, 0.3) is 0 Å². The number of sulfonamides is 1. The normalized spacial score (nSPS) is 14.7. The molecule has 4 aromatic rings. The number of benzene rings is 3. The first-order chi connectivity index (χ1) is 16.0. The number of para-hydroxylation sites is 1. The van der Waals surface area contributed by atoms with Crippen LogP contribution >= 0.6 is 11.6 Å². The van der Waals surface area contributed by atoms with Gasteiger partial charge in [0.1, 0.15) is 18.1 Å². The highest BCUT2D eigenvalue weighted by Gasteiger charge is 2.38. The number of hydrogen-bond donors (Lipinski definition) is 0. The van der Waals surface area contributed by atoms with Crippen LogP contribution in [0.4, 0.5) is 0 Å². The Bertz CT molecular complexity index is 1350. The lowest BCUT2D eigenvalue weighted by Gasteiger charge is -2.37. The summed E-state index contributed by atoms with van der Waals surface area (Å²) in [6.45, 7) is 0.999. The van der Waals surface area contributed by atoms with Gasteiger partial charge in [0, 0.05) is 18.1 Å². The fraction of sp³-hybridized carbons (Fsp3) is 0.167. The molecule has 1 aliphatic heterocycles. The Morgan fingerprint density at radius 3 is 2.42 bits per heavy atom. The van der Waals surface area contributed by atoms with Crippen molar-refractivity contribution < 1.29 is 13.2 Å². The van der Waals surface area contributed by atoms with E-state index in [0.29, 0.717) is 30.4 Å². The van der Waals surface area contributed by atoms with E-state index in [1.54, 1.807) is 41.2 Å². The Hall–Kier alpha value is -3.20. The summed E-state index contributed by atoms with van der Waals surface area (Å²) in [5, 5.41) is 8.92. The minimum atomic E-state index is -3.57. The summed E-state index contributed by atoms with van der Waals surface area (Å²) >= 11 is 6.06. The molecule has 1 saturated heterocycles. The van der Waals surface area contributed by atoms with E-state index in [1.165, 1.54) is 4.31 Å². The summed E-state index contributed by atoms with van der Waals surface area (Å²) in [5.41, 5.74) is 2.54. The van der Waals surface area contributed by atoms with Crippen molar-refractivity contribution in [1.29, 1.82) is 0 Å². The number of halogens is 1. The topological polar surface area (TPSA) is 77.3 Å².